The summed E-state index contributed by atoms with van der Waals surface area (Å²) in [7, 11) is 3.94. The van der Waals surface area contributed by atoms with Gasteiger partial charge in [-0.1, -0.05) is 0 Å². The molecule has 0 aliphatic carbocycles. The van der Waals surface area contributed by atoms with E-state index in [1.807, 2.05) is 19.0 Å². The topological polar surface area (TPSA) is 46.1 Å². The normalized spacial score (nSPS) is 10.5. The summed E-state index contributed by atoms with van der Waals surface area (Å²) < 4.78 is 0. The lowest BCUT2D eigenvalue weighted by molar-refractivity contribution is 0.100. The molecule has 0 amide bonds. The van der Waals surface area contributed by atoms with Gasteiger partial charge < -0.3 is 4.90 Å². The highest BCUT2D eigenvalue weighted by Gasteiger charge is 2.02. The van der Waals surface area contributed by atoms with Crippen LogP contribution in [0.15, 0.2) is 12.4 Å². The quantitative estimate of drug-likeness (QED) is 0.642. The van der Waals surface area contributed by atoms with E-state index >= 15 is 0 Å². The third-order valence-electron chi connectivity index (χ3n) is 1.52. The van der Waals surface area contributed by atoms with Crippen LogP contribution in [0.25, 0.3) is 0 Å². The van der Waals surface area contributed by atoms with Gasteiger partial charge in [0.05, 0.1) is 0 Å². The molecule has 0 saturated heterocycles. The van der Waals surface area contributed by atoms with Gasteiger partial charge in [-0.2, -0.15) is 0 Å². The zero-order valence-corrected chi connectivity index (χ0v) is 8.11. The standard InChI is InChI=1S/C9H13N3O/c1-7(13)9-10-4-8(5-11-9)6-12(2)3/h4-5H,6H2,1-3H3. The Bertz CT molecular complexity index is 292. The number of ketones is 1. The summed E-state index contributed by atoms with van der Waals surface area (Å²) in [5, 5.41) is 0. The van der Waals surface area contributed by atoms with Crippen LogP contribution in [0.3, 0.4) is 0 Å². The fourth-order valence-electron chi connectivity index (χ4n) is 0.983. The second-order valence-corrected chi connectivity index (χ2v) is 3.21. The second-order valence-electron chi connectivity index (χ2n) is 3.21. The molecular weight excluding hydrogens is 166 g/mol. The van der Waals surface area contributed by atoms with Crippen molar-refractivity contribution in [2.45, 2.75) is 13.5 Å². The van der Waals surface area contributed by atoms with E-state index in [4.69, 9.17) is 0 Å². The van der Waals surface area contributed by atoms with Crippen LogP contribution in [-0.4, -0.2) is 34.7 Å². The minimum absolute atomic E-state index is 0.101. The fourth-order valence-corrected chi connectivity index (χ4v) is 0.983. The van der Waals surface area contributed by atoms with Gasteiger partial charge in [-0.05, 0) is 14.1 Å². The van der Waals surface area contributed by atoms with Gasteiger partial charge in [-0.3, -0.25) is 4.79 Å². The van der Waals surface area contributed by atoms with Gasteiger partial charge in [0.15, 0.2) is 11.6 Å². The van der Waals surface area contributed by atoms with Crippen molar-refractivity contribution in [3.63, 3.8) is 0 Å². The largest absolute Gasteiger partial charge is 0.305 e. The average Bonchev–Trinajstić information content (AvgIpc) is 2.04. The Balaban J connectivity index is 2.75. The molecular formula is C9H13N3O. The summed E-state index contributed by atoms with van der Waals surface area (Å²) in [6.07, 6.45) is 3.37. The molecule has 13 heavy (non-hydrogen) atoms. The first-order valence-corrected chi connectivity index (χ1v) is 4.06. The Morgan fingerprint density at radius 3 is 2.31 bits per heavy atom. The summed E-state index contributed by atoms with van der Waals surface area (Å²) in [6, 6.07) is 0. The lowest BCUT2D eigenvalue weighted by atomic mass is 10.3. The van der Waals surface area contributed by atoms with Gasteiger partial charge in [-0.15, -0.1) is 0 Å². The van der Waals surface area contributed by atoms with Gasteiger partial charge in [0.1, 0.15) is 0 Å². The summed E-state index contributed by atoms with van der Waals surface area (Å²) in [5.74, 6) is 0.180. The number of aromatic nitrogens is 2. The molecule has 0 fully saturated rings. The molecule has 0 aromatic carbocycles. The van der Waals surface area contributed by atoms with E-state index < -0.39 is 0 Å². The van der Waals surface area contributed by atoms with Crippen LogP contribution in [0, 0.1) is 0 Å². The first-order valence-electron chi connectivity index (χ1n) is 4.06. The number of rotatable bonds is 3. The van der Waals surface area contributed by atoms with Crippen LogP contribution in [-0.2, 0) is 6.54 Å². The van der Waals surface area contributed by atoms with Crippen molar-refractivity contribution in [2.24, 2.45) is 0 Å². The molecule has 0 atom stereocenters. The number of hydrogen-bond acceptors (Lipinski definition) is 4. The molecule has 70 valence electrons. The van der Waals surface area contributed by atoms with Crippen LogP contribution in [0.5, 0.6) is 0 Å². The van der Waals surface area contributed by atoms with Crippen LogP contribution >= 0.6 is 0 Å². The molecule has 4 heteroatoms. The van der Waals surface area contributed by atoms with Crippen LogP contribution in [0.2, 0.25) is 0 Å². The maximum atomic E-state index is 10.8. The summed E-state index contributed by atoms with van der Waals surface area (Å²) in [4.78, 5) is 20.8. The smallest absolute Gasteiger partial charge is 0.196 e. The monoisotopic (exact) mass is 179 g/mol. The molecule has 0 saturated carbocycles. The molecule has 1 aromatic rings. The molecule has 4 nitrogen and oxygen atoms in total. The lowest BCUT2D eigenvalue weighted by Crippen LogP contribution is -2.12. The molecule has 0 bridgehead atoms. The van der Waals surface area contributed by atoms with E-state index in [0.29, 0.717) is 0 Å². The maximum absolute atomic E-state index is 10.8. The highest BCUT2D eigenvalue weighted by molar-refractivity contribution is 5.90. The van der Waals surface area contributed by atoms with Crippen LogP contribution < -0.4 is 0 Å². The third kappa shape index (κ3) is 2.91. The fraction of sp³-hybridized carbons (Fsp3) is 0.444. The van der Waals surface area contributed by atoms with Gasteiger partial charge in [-0.25, -0.2) is 9.97 Å². The molecule has 1 rings (SSSR count). The first-order chi connectivity index (χ1) is 6.09. The molecule has 0 aliphatic heterocycles. The Labute approximate surface area is 77.6 Å². The van der Waals surface area contributed by atoms with E-state index in [-0.39, 0.29) is 11.6 Å². The van der Waals surface area contributed by atoms with Crippen molar-refractivity contribution in [1.82, 2.24) is 14.9 Å². The molecule has 0 radical (unpaired) electrons. The number of nitrogens with zero attached hydrogens (tertiary/aromatic N) is 3. The number of carbonyl (C=O) groups excluding carboxylic acids is 1. The Hall–Kier alpha value is -1.29. The van der Waals surface area contributed by atoms with Crippen molar-refractivity contribution in [1.29, 1.82) is 0 Å². The summed E-state index contributed by atoms with van der Waals surface area (Å²) in [6.45, 7) is 2.25. The molecule has 0 unspecified atom stereocenters. The van der Waals surface area contributed by atoms with E-state index in [0.717, 1.165) is 12.1 Å². The zero-order chi connectivity index (χ0) is 9.84. The Morgan fingerprint density at radius 2 is 1.92 bits per heavy atom. The SMILES string of the molecule is CC(=O)c1ncc(CN(C)C)cn1. The van der Waals surface area contributed by atoms with Crippen LogP contribution in [0.1, 0.15) is 23.1 Å². The Morgan fingerprint density at radius 1 is 1.38 bits per heavy atom. The van der Waals surface area contributed by atoms with Gasteiger partial charge in [0, 0.05) is 31.4 Å². The number of hydrogen-bond donors (Lipinski definition) is 0. The van der Waals surface area contributed by atoms with E-state index in [2.05, 4.69) is 9.97 Å². The highest BCUT2D eigenvalue weighted by Crippen LogP contribution is 1.99. The predicted molar refractivity (Wildman–Crippen MR) is 49.4 cm³/mol. The Kier molecular flexibility index (Phi) is 3.08. The zero-order valence-electron chi connectivity index (χ0n) is 8.11. The molecule has 1 aromatic heterocycles. The minimum Gasteiger partial charge on any atom is -0.305 e. The molecule has 0 spiro atoms. The number of Topliss-reactive ketones (excluding diaryl/α,β-unsaturated/α-hetero) is 1. The van der Waals surface area contributed by atoms with Gasteiger partial charge in [0.25, 0.3) is 0 Å². The highest BCUT2D eigenvalue weighted by atomic mass is 16.1. The van der Waals surface area contributed by atoms with Crippen molar-refractivity contribution in [2.75, 3.05) is 14.1 Å². The summed E-state index contributed by atoms with van der Waals surface area (Å²) in [5.41, 5.74) is 1.01. The van der Waals surface area contributed by atoms with Gasteiger partial charge >= 0.3 is 0 Å². The maximum Gasteiger partial charge on any atom is 0.196 e. The van der Waals surface area contributed by atoms with Crippen LogP contribution in [0.4, 0.5) is 0 Å². The van der Waals surface area contributed by atoms with E-state index in [1.54, 1.807) is 12.4 Å². The van der Waals surface area contributed by atoms with E-state index in [9.17, 15) is 4.79 Å². The van der Waals surface area contributed by atoms with Crippen molar-refractivity contribution >= 4 is 5.78 Å². The van der Waals surface area contributed by atoms with Crippen molar-refractivity contribution in [3.8, 4) is 0 Å². The summed E-state index contributed by atoms with van der Waals surface area (Å²) >= 11 is 0. The third-order valence-corrected chi connectivity index (χ3v) is 1.52. The predicted octanol–water partition coefficient (Wildman–Crippen LogP) is 0.741. The van der Waals surface area contributed by atoms with E-state index in [1.165, 1.54) is 6.92 Å². The minimum atomic E-state index is -0.101. The molecule has 0 N–H and O–H groups in total. The van der Waals surface area contributed by atoms with Crippen molar-refractivity contribution < 1.29 is 4.79 Å². The second kappa shape index (κ2) is 4.09. The van der Waals surface area contributed by atoms with Crippen molar-refractivity contribution in [3.05, 3.63) is 23.8 Å². The first kappa shape index (κ1) is 9.80. The number of carbonyl (C=O) groups is 1. The van der Waals surface area contributed by atoms with Gasteiger partial charge in [0.2, 0.25) is 0 Å². The molecule has 1 heterocycles. The molecule has 0 aliphatic rings. The lowest BCUT2D eigenvalue weighted by Gasteiger charge is -2.08. The average molecular weight is 179 g/mol.